The predicted octanol–water partition coefficient (Wildman–Crippen LogP) is 5.28. The third-order valence-electron chi connectivity index (χ3n) is 11.2. The third-order valence-corrected chi connectivity index (χ3v) is 13.0. The largest absolute Gasteiger partial charge is 0.470 e. The van der Waals surface area contributed by atoms with Crippen LogP contribution in [0.2, 0.25) is 0 Å². The van der Waals surface area contributed by atoms with Crippen molar-refractivity contribution in [1.29, 1.82) is 0 Å². The van der Waals surface area contributed by atoms with Gasteiger partial charge in [-0.15, -0.1) is 10.2 Å². The van der Waals surface area contributed by atoms with E-state index in [1.54, 1.807) is 19.1 Å². The molecule has 7 rings (SSSR count). The number of Topliss-reactive ketones (excluding diaryl/α,β-unsaturated/α-hetero) is 1. The minimum Gasteiger partial charge on any atom is -0.470 e. The molecule has 15 heteroatoms. The van der Waals surface area contributed by atoms with Crippen molar-refractivity contribution in [3.8, 4) is 0 Å². The van der Waals surface area contributed by atoms with Gasteiger partial charge in [-0.1, -0.05) is 19.9 Å². The highest BCUT2D eigenvalue weighted by Crippen LogP contribution is 2.47. The van der Waals surface area contributed by atoms with E-state index in [1.807, 2.05) is 39.8 Å². The second-order valence-corrected chi connectivity index (χ2v) is 17.1. The highest BCUT2D eigenvalue weighted by Gasteiger charge is 2.53. The maximum atomic E-state index is 14.5. The molecule has 1 unspecified atom stereocenters. The first-order valence-electron chi connectivity index (χ1n) is 17.9. The minimum absolute atomic E-state index is 0.0142. The van der Waals surface area contributed by atoms with Crippen molar-refractivity contribution >= 4 is 21.5 Å². The van der Waals surface area contributed by atoms with Gasteiger partial charge in [0.15, 0.2) is 11.9 Å². The Morgan fingerprint density at radius 3 is 2.54 bits per heavy atom. The third kappa shape index (κ3) is 6.65. The molecular weight excluding hydrogens is 693 g/mol. The molecule has 2 atom stereocenters. The molecule has 3 aliphatic heterocycles. The lowest BCUT2D eigenvalue weighted by atomic mass is 9.70. The summed E-state index contributed by atoms with van der Waals surface area (Å²) in [6, 6.07) is 5.44. The van der Waals surface area contributed by atoms with Crippen molar-refractivity contribution in [3.63, 3.8) is 0 Å². The number of fused-ring (bicyclic) bond motifs is 1. The van der Waals surface area contributed by atoms with Crippen LogP contribution in [-0.4, -0.2) is 87.6 Å². The number of nitrogens with one attached hydrogen (secondary N) is 1. The topological polar surface area (TPSA) is 131 Å². The van der Waals surface area contributed by atoms with Crippen LogP contribution in [0.3, 0.4) is 0 Å². The van der Waals surface area contributed by atoms with Gasteiger partial charge in [0.1, 0.15) is 16.3 Å². The number of allylic oxidation sites excluding steroid dienone is 1. The van der Waals surface area contributed by atoms with Gasteiger partial charge in [0.25, 0.3) is 6.43 Å². The predicted molar refractivity (Wildman–Crippen MR) is 190 cm³/mol. The molecule has 280 valence electrons. The molecule has 4 aliphatic rings. The Balaban J connectivity index is 1.21. The second-order valence-electron chi connectivity index (χ2n) is 15.2. The monoisotopic (exact) mass is 739 g/mol. The number of ether oxygens (including phenoxy) is 2. The van der Waals surface area contributed by atoms with Crippen molar-refractivity contribution in [2.45, 2.75) is 97.9 Å². The summed E-state index contributed by atoms with van der Waals surface area (Å²) in [5, 5.41) is 11.0. The summed E-state index contributed by atoms with van der Waals surface area (Å²) < 4.78 is 71.6. The Morgan fingerprint density at radius 2 is 1.87 bits per heavy atom. The van der Waals surface area contributed by atoms with Gasteiger partial charge in [-0.2, -0.15) is 4.31 Å². The van der Waals surface area contributed by atoms with Crippen LogP contribution in [0.15, 0.2) is 46.8 Å². The van der Waals surface area contributed by atoms with Crippen LogP contribution in [0.4, 0.5) is 8.78 Å². The molecule has 1 saturated heterocycles. The van der Waals surface area contributed by atoms with E-state index in [4.69, 9.17) is 14.5 Å². The van der Waals surface area contributed by atoms with Gasteiger partial charge in [0, 0.05) is 29.8 Å². The molecule has 52 heavy (non-hydrogen) atoms. The summed E-state index contributed by atoms with van der Waals surface area (Å²) in [7, 11) is -4.05. The van der Waals surface area contributed by atoms with E-state index in [9.17, 15) is 22.0 Å². The molecule has 1 aliphatic carbocycles. The van der Waals surface area contributed by atoms with Crippen molar-refractivity contribution in [3.05, 3.63) is 80.7 Å². The molecule has 1 saturated carbocycles. The molecule has 1 spiro atoms. The van der Waals surface area contributed by atoms with Gasteiger partial charge in [-0.05, 0) is 107 Å². The fraction of sp³-hybridized carbons (Fsp3) is 0.568. The van der Waals surface area contributed by atoms with Crippen molar-refractivity contribution in [2.24, 2.45) is 5.41 Å². The summed E-state index contributed by atoms with van der Waals surface area (Å²) in [4.78, 5) is 20.7. The van der Waals surface area contributed by atoms with Crippen LogP contribution in [0.5, 0.6) is 0 Å². The van der Waals surface area contributed by atoms with Gasteiger partial charge in [-0.25, -0.2) is 17.2 Å². The lowest BCUT2D eigenvalue weighted by molar-refractivity contribution is -0.125. The number of pyridine rings is 2. The minimum atomic E-state index is -4.05. The molecule has 0 amide bonds. The SMILES string of the molecule is CC(=O)C(C)(C)[C@@H](c1ccc(C)c(CN2CC3(CC3)OC3=C(C=C(C)C(OCCN4CCCC4)N3)S2(=O)=O)n1)c1ccn2c(C(F)F)nnc2c1C. The van der Waals surface area contributed by atoms with E-state index >= 15 is 0 Å². The Kier molecular flexibility index (Phi) is 9.54. The number of alkyl halides is 2. The molecule has 0 radical (unpaired) electrons. The van der Waals surface area contributed by atoms with Gasteiger partial charge in [-0.3, -0.25) is 14.2 Å². The smallest absolute Gasteiger partial charge is 0.297 e. The molecule has 0 aromatic carbocycles. The van der Waals surface area contributed by atoms with Crippen LogP contribution in [0.1, 0.15) is 99.6 Å². The van der Waals surface area contributed by atoms with Crippen molar-refractivity contribution in [1.82, 2.24) is 34.1 Å². The molecule has 12 nitrogen and oxygen atoms in total. The van der Waals surface area contributed by atoms with Crippen LogP contribution >= 0.6 is 0 Å². The number of halogens is 2. The van der Waals surface area contributed by atoms with Gasteiger partial charge in [0.05, 0.1) is 25.4 Å². The number of aromatic nitrogens is 4. The summed E-state index contributed by atoms with van der Waals surface area (Å²) >= 11 is 0. The summed E-state index contributed by atoms with van der Waals surface area (Å²) in [5.74, 6) is -0.948. The molecule has 3 aromatic heterocycles. The zero-order valence-corrected chi connectivity index (χ0v) is 31.4. The van der Waals surface area contributed by atoms with Gasteiger partial charge < -0.3 is 19.7 Å². The van der Waals surface area contributed by atoms with Crippen LogP contribution in [-0.2, 0) is 30.8 Å². The van der Waals surface area contributed by atoms with E-state index in [1.165, 1.54) is 34.7 Å². The number of rotatable bonds is 11. The average molecular weight is 740 g/mol. The zero-order valence-electron chi connectivity index (χ0n) is 30.6. The number of ketones is 1. The fourth-order valence-corrected chi connectivity index (χ4v) is 9.16. The standard InChI is InChI=1S/C37H47F2N7O5S/c1-22-9-10-27(30(36(5,6)25(4)47)26-11-16-46-32(24(26)3)42-43-33(46)31(38)39)40-28(22)20-45-21-37(12-13-37)51-35-29(52(45,48)49)19-23(2)34(41-35)50-18-17-44-14-7-8-15-44/h9-11,16,19,30-31,34,41H,7-8,12-15,17-18,20-21H2,1-6H3/t30-,34?/m1/s1. The molecule has 6 heterocycles. The molecule has 2 fully saturated rings. The summed E-state index contributed by atoms with van der Waals surface area (Å²) in [6.07, 6.45) is 3.66. The first-order chi connectivity index (χ1) is 24.6. The Hall–Kier alpha value is -3.79. The number of hydrogen-bond acceptors (Lipinski definition) is 10. The molecule has 1 N–H and O–H groups in total. The van der Waals surface area contributed by atoms with Gasteiger partial charge in [0.2, 0.25) is 21.7 Å². The Morgan fingerprint density at radius 1 is 1.13 bits per heavy atom. The van der Waals surface area contributed by atoms with E-state index in [-0.39, 0.29) is 35.3 Å². The van der Waals surface area contributed by atoms with Crippen LogP contribution in [0.25, 0.3) is 5.65 Å². The summed E-state index contributed by atoms with van der Waals surface area (Å²) in [5.41, 5.74) is 2.53. The number of dihydropyridines is 1. The van der Waals surface area contributed by atoms with Crippen molar-refractivity contribution in [2.75, 3.05) is 32.8 Å². The van der Waals surface area contributed by atoms with E-state index in [0.29, 0.717) is 42.0 Å². The number of carbonyl (C=O) groups is 1. The maximum absolute atomic E-state index is 14.5. The Bertz CT molecular complexity index is 2070. The fourth-order valence-electron chi connectivity index (χ4n) is 7.51. The number of hydrogen-bond donors (Lipinski definition) is 1. The number of sulfonamides is 1. The number of carbonyl (C=O) groups excluding carboxylic acids is 1. The highest BCUT2D eigenvalue weighted by atomic mass is 32.2. The quantitative estimate of drug-likeness (QED) is 0.277. The highest BCUT2D eigenvalue weighted by molar-refractivity contribution is 7.93. The Labute approximate surface area is 303 Å². The lowest BCUT2D eigenvalue weighted by Gasteiger charge is -2.34. The van der Waals surface area contributed by atoms with E-state index in [2.05, 4.69) is 20.4 Å². The first-order valence-corrected chi connectivity index (χ1v) is 19.4. The van der Waals surface area contributed by atoms with E-state index < -0.39 is 45.4 Å². The molecule has 0 bridgehead atoms. The van der Waals surface area contributed by atoms with Crippen LogP contribution in [0, 0.1) is 19.3 Å². The van der Waals surface area contributed by atoms with Gasteiger partial charge >= 0.3 is 0 Å². The van der Waals surface area contributed by atoms with Crippen molar-refractivity contribution < 1.29 is 31.5 Å². The van der Waals surface area contributed by atoms with E-state index in [0.717, 1.165) is 30.8 Å². The second kappa shape index (κ2) is 13.6. The normalized spacial score (nSPS) is 22.2. The maximum Gasteiger partial charge on any atom is 0.297 e. The lowest BCUT2D eigenvalue weighted by Crippen LogP contribution is -2.40. The number of aryl methyl sites for hydroxylation is 2. The number of likely N-dealkylation sites (tertiary alicyclic amines) is 1. The average Bonchev–Trinajstić information content (AvgIpc) is 3.44. The zero-order chi connectivity index (χ0) is 37.2. The molecule has 3 aromatic rings. The summed E-state index contributed by atoms with van der Waals surface area (Å²) in [6.45, 7) is 14.3. The number of nitrogens with zero attached hydrogens (tertiary/aromatic N) is 6. The van der Waals surface area contributed by atoms with Crippen LogP contribution < -0.4 is 5.32 Å². The molecular formula is C37H47F2N7O5S. The first kappa shape index (κ1) is 36.6.